The Morgan fingerprint density at radius 3 is 2.46 bits per heavy atom. The highest BCUT2D eigenvalue weighted by atomic mass is 15.6. The Morgan fingerprint density at radius 1 is 0.929 bits per heavy atom. The summed E-state index contributed by atoms with van der Waals surface area (Å²) in [5.74, 6) is 2.60. The average molecular weight is 372 g/mol. The van der Waals surface area contributed by atoms with Crippen LogP contribution in [0.15, 0.2) is 60.7 Å². The molecule has 0 unspecified atom stereocenters. The Bertz CT molecular complexity index is 1070. The molecule has 0 saturated heterocycles. The van der Waals surface area contributed by atoms with Crippen LogP contribution in [0.1, 0.15) is 23.3 Å². The second-order valence-electron chi connectivity index (χ2n) is 6.98. The second-order valence-corrected chi connectivity index (χ2v) is 6.98. The molecule has 1 aliphatic heterocycles. The van der Waals surface area contributed by atoms with Gasteiger partial charge in [0.15, 0.2) is 5.82 Å². The van der Waals surface area contributed by atoms with Crippen molar-refractivity contribution < 1.29 is 0 Å². The quantitative estimate of drug-likeness (QED) is 0.547. The molecular formula is C20H20N8. The lowest BCUT2D eigenvalue weighted by Gasteiger charge is -2.34. The Balaban J connectivity index is 1.51. The minimum atomic E-state index is 0.210. The number of hydrogen-bond acceptors (Lipinski definition) is 6. The van der Waals surface area contributed by atoms with Crippen LogP contribution < -0.4 is 4.90 Å². The molecule has 1 atom stereocenters. The summed E-state index contributed by atoms with van der Waals surface area (Å²) in [7, 11) is 0. The third kappa shape index (κ3) is 2.92. The molecule has 0 spiro atoms. The van der Waals surface area contributed by atoms with E-state index >= 15 is 0 Å². The summed E-state index contributed by atoms with van der Waals surface area (Å²) in [5, 5.41) is 21.2. The largest absolute Gasteiger partial charge is 0.330 e. The topological polar surface area (TPSA) is 77.6 Å². The van der Waals surface area contributed by atoms with Crippen LogP contribution >= 0.6 is 0 Å². The van der Waals surface area contributed by atoms with Gasteiger partial charge in [-0.2, -0.15) is 4.68 Å². The molecule has 0 radical (unpaired) electrons. The number of tetrazole rings is 1. The molecule has 8 heteroatoms. The van der Waals surface area contributed by atoms with E-state index in [1.54, 1.807) is 4.68 Å². The van der Waals surface area contributed by atoms with Gasteiger partial charge in [0.2, 0.25) is 0 Å². The summed E-state index contributed by atoms with van der Waals surface area (Å²) in [6.07, 6.45) is 0.899. The Kier molecular flexibility index (Phi) is 4.08. The maximum Gasteiger partial charge on any atom is 0.250 e. The SMILES string of the molecule is Cc1nnc2n1[C@H](Cc1ccccc1)CN(c1nnnn1-c1ccccc1)C2. The van der Waals surface area contributed by atoms with Crippen LogP contribution in [0.4, 0.5) is 5.95 Å². The predicted molar refractivity (Wildman–Crippen MR) is 104 cm³/mol. The van der Waals surface area contributed by atoms with E-state index in [1.165, 1.54) is 5.56 Å². The maximum atomic E-state index is 4.40. The molecule has 0 amide bonds. The maximum absolute atomic E-state index is 4.40. The Hall–Kier alpha value is -3.55. The molecule has 4 aromatic rings. The van der Waals surface area contributed by atoms with Gasteiger partial charge in [-0.05, 0) is 41.5 Å². The number of para-hydroxylation sites is 1. The van der Waals surface area contributed by atoms with Crippen molar-refractivity contribution in [1.82, 2.24) is 35.0 Å². The number of benzene rings is 2. The van der Waals surface area contributed by atoms with Gasteiger partial charge < -0.3 is 9.47 Å². The number of hydrogen-bond donors (Lipinski definition) is 0. The van der Waals surface area contributed by atoms with Gasteiger partial charge in [-0.25, -0.2) is 0 Å². The number of rotatable bonds is 4. The van der Waals surface area contributed by atoms with Crippen molar-refractivity contribution in [3.63, 3.8) is 0 Å². The molecule has 8 nitrogen and oxygen atoms in total. The zero-order valence-corrected chi connectivity index (χ0v) is 15.5. The first kappa shape index (κ1) is 16.6. The lowest BCUT2D eigenvalue weighted by atomic mass is 10.0. The fourth-order valence-corrected chi connectivity index (χ4v) is 3.88. The molecular weight excluding hydrogens is 352 g/mol. The summed E-state index contributed by atoms with van der Waals surface area (Å²) < 4.78 is 4.03. The highest BCUT2D eigenvalue weighted by molar-refractivity contribution is 5.41. The van der Waals surface area contributed by atoms with E-state index in [2.05, 4.69) is 59.5 Å². The van der Waals surface area contributed by atoms with Crippen molar-refractivity contribution in [3.05, 3.63) is 77.9 Å². The second kappa shape index (κ2) is 6.88. The third-order valence-electron chi connectivity index (χ3n) is 5.12. The molecule has 0 saturated carbocycles. The summed E-state index contributed by atoms with van der Waals surface area (Å²) in [6, 6.07) is 20.7. The van der Waals surface area contributed by atoms with Crippen LogP contribution in [0.25, 0.3) is 5.69 Å². The lowest BCUT2D eigenvalue weighted by Crippen LogP contribution is -2.40. The zero-order chi connectivity index (χ0) is 18.9. The molecule has 0 fully saturated rings. The minimum absolute atomic E-state index is 0.210. The number of anilines is 1. The van der Waals surface area contributed by atoms with Crippen molar-refractivity contribution in [2.75, 3.05) is 11.4 Å². The smallest absolute Gasteiger partial charge is 0.250 e. The highest BCUT2D eigenvalue weighted by Crippen LogP contribution is 2.28. The van der Waals surface area contributed by atoms with Crippen LogP contribution in [0.3, 0.4) is 0 Å². The molecule has 0 aliphatic carbocycles. The van der Waals surface area contributed by atoms with Gasteiger partial charge >= 0.3 is 0 Å². The molecule has 2 aromatic heterocycles. The normalized spacial score (nSPS) is 16.2. The molecule has 3 heterocycles. The Morgan fingerprint density at radius 2 is 1.68 bits per heavy atom. The number of fused-ring (bicyclic) bond motifs is 1. The van der Waals surface area contributed by atoms with Crippen molar-refractivity contribution in [2.45, 2.75) is 25.9 Å². The summed E-state index contributed by atoms with van der Waals surface area (Å²) >= 11 is 0. The molecule has 2 aromatic carbocycles. The van der Waals surface area contributed by atoms with Crippen LogP contribution in [0, 0.1) is 6.92 Å². The van der Waals surface area contributed by atoms with Crippen LogP contribution in [-0.2, 0) is 13.0 Å². The standard InChI is InChI=1S/C20H20N8/c1-15-21-22-19-14-26(13-18(27(15)19)12-16-8-4-2-5-9-16)20-23-24-25-28(20)17-10-6-3-7-11-17/h2-11,18H,12-14H2,1H3/t18-/m1/s1. The number of aromatic nitrogens is 7. The fourth-order valence-electron chi connectivity index (χ4n) is 3.88. The minimum Gasteiger partial charge on any atom is -0.330 e. The molecule has 0 bridgehead atoms. The van der Waals surface area contributed by atoms with Gasteiger partial charge in [0.05, 0.1) is 18.3 Å². The van der Waals surface area contributed by atoms with Gasteiger partial charge in [0.25, 0.3) is 5.95 Å². The first-order valence-corrected chi connectivity index (χ1v) is 9.32. The molecule has 0 N–H and O–H groups in total. The van der Waals surface area contributed by atoms with E-state index in [4.69, 9.17) is 0 Å². The first-order valence-electron chi connectivity index (χ1n) is 9.32. The van der Waals surface area contributed by atoms with Gasteiger partial charge in [-0.3, -0.25) is 0 Å². The van der Waals surface area contributed by atoms with E-state index in [0.717, 1.165) is 36.3 Å². The van der Waals surface area contributed by atoms with Crippen LogP contribution in [-0.4, -0.2) is 41.5 Å². The van der Waals surface area contributed by atoms with Crippen molar-refractivity contribution >= 4 is 5.95 Å². The number of aryl methyl sites for hydroxylation is 1. The van der Waals surface area contributed by atoms with Crippen LogP contribution in [0.2, 0.25) is 0 Å². The zero-order valence-electron chi connectivity index (χ0n) is 15.5. The molecule has 140 valence electrons. The van der Waals surface area contributed by atoms with E-state index in [9.17, 15) is 0 Å². The molecule has 1 aliphatic rings. The van der Waals surface area contributed by atoms with Gasteiger partial charge in [0, 0.05) is 6.54 Å². The van der Waals surface area contributed by atoms with E-state index in [0.29, 0.717) is 6.54 Å². The monoisotopic (exact) mass is 372 g/mol. The summed E-state index contributed by atoms with van der Waals surface area (Å²) in [4.78, 5) is 2.18. The third-order valence-corrected chi connectivity index (χ3v) is 5.12. The molecule has 5 rings (SSSR count). The summed E-state index contributed by atoms with van der Waals surface area (Å²) in [5.41, 5.74) is 2.22. The van der Waals surface area contributed by atoms with Gasteiger partial charge in [-0.1, -0.05) is 53.6 Å². The van der Waals surface area contributed by atoms with Crippen molar-refractivity contribution in [3.8, 4) is 5.69 Å². The summed E-state index contributed by atoms with van der Waals surface area (Å²) in [6.45, 7) is 3.42. The predicted octanol–water partition coefficient (Wildman–Crippen LogP) is 2.37. The highest BCUT2D eigenvalue weighted by Gasteiger charge is 2.31. The lowest BCUT2D eigenvalue weighted by molar-refractivity contribution is 0.417. The van der Waals surface area contributed by atoms with E-state index in [-0.39, 0.29) is 6.04 Å². The van der Waals surface area contributed by atoms with E-state index in [1.807, 2.05) is 43.3 Å². The number of nitrogens with zero attached hydrogens (tertiary/aromatic N) is 8. The van der Waals surface area contributed by atoms with Crippen molar-refractivity contribution in [1.29, 1.82) is 0 Å². The average Bonchev–Trinajstić information content (AvgIpc) is 3.37. The Labute approximate surface area is 162 Å². The fraction of sp³-hybridized carbons (Fsp3) is 0.250. The van der Waals surface area contributed by atoms with E-state index < -0.39 is 0 Å². The first-order chi connectivity index (χ1) is 13.8. The van der Waals surface area contributed by atoms with Gasteiger partial charge in [-0.15, -0.1) is 10.2 Å². The van der Waals surface area contributed by atoms with Crippen molar-refractivity contribution in [2.24, 2.45) is 0 Å². The van der Waals surface area contributed by atoms with Gasteiger partial charge in [0.1, 0.15) is 5.82 Å². The van der Waals surface area contributed by atoms with Crippen LogP contribution in [0.5, 0.6) is 0 Å². The molecule has 28 heavy (non-hydrogen) atoms.